The summed E-state index contributed by atoms with van der Waals surface area (Å²) in [5, 5.41) is 0. The molecule has 0 saturated heterocycles. The summed E-state index contributed by atoms with van der Waals surface area (Å²) in [6, 6.07) is 0. The van der Waals surface area contributed by atoms with E-state index in [2.05, 4.69) is 13.8 Å². The smallest absolute Gasteiger partial charge is 0.106 e. The lowest BCUT2D eigenvalue weighted by Crippen LogP contribution is -2.37. The van der Waals surface area contributed by atoms with Gasteiger partial charge in [-0.1, -0.05) is 84.5 Å². The zero-order valence-corrected chi connectivity index (χ0v) is 21.6. The van der Waals surface area contributed by atoms with Gasteiger partial charge in [-0.05, 0) is 63.2 Å². The molecule has 0 heterocycles. The van der Waals surface area contributed by atoms with E-state index in [0.717, 1.165) is 58.2 Å². The van der Waals surface area contributed by atoms with Gasteiger partial charge in [-0.25, -0.2) is 4.39 Å². The highest BCUT2D eigenvalue weighted by molar-refractivity contribution is 4.87. The zero-order valence-electron chi connectivity index (χ0n) is 21.6. The van der Waals surface area contributed by atoms with Gasteiger partial charge in [-0.3, -0.25) is 0 Å². The Morgan fingerprint density at radius 3 is 1.56 bits per heavy atom. The maximum Gasteiger partial charge on any atom is 0.106 e. The third kappa shape index (κ3) is 11.8. The van der Waals surface area contributed by atoms with Crippen molar-refractivity contribution in [3.8, 4) is 0 Å². The molecule has 0 N–H and O–H groups in total. The molecule has 0 bridgehead atoms. The largest absolute Gasteiger partial charge is 0.378 e. The van der Waals surface area contributed by atoms with E-state index in [1.54, 1.807) is 0 Å². The highest BCUT2D eigenvalue weighted by Crippen LogP contribution is 2.41. The summed E-state index contributed by atoms with van der Waals surface area (Å²) in [7, 11) is 0. The number of unbranched alkanes of at least 4 members (excludes halogenated alkanes) is 11. The van der Waals surface area contributed by atoms with Crippen molar-refractivity contribution in [2.24, 2.45) is 11.8 Å². The molecular weight excluding hydrogens is 399 g/mol. The van der Waals surface area contributed by atoms with E-state index in [0.29, 0.717) is 18.4 Å². The van der Waals surface area contributed by atoms with Gasteiger partial charge < -0.3 is 9.47 Å². The van der Waals surface area contributed by atoms with Crippen LogP contribution in [0.25, 0.3) is 0 Å². The topological polar surface area (TPSA) is 18.5 Å². The van der Waals surface area contributed by atoms with Gasteiger partial charge in [0.15, 0.2) is 0 Å². The van der Waals surface area contributed by atoms with Crippen molar-refractivity contribution in [3.63, 3.8) is 0 Å². The molecular formula is C29H55FO2. The number of alkyl halides is 1. The molecule has 3 atom stereocenters. The van der Waals surface area contributed by atoms with Crippen LogP contribution in [0.2, 0.25) is 0 Å². The summed E-state index contributed by atoms with van der Waals surface area (Å²) in [5.74, 6) is 0.843. The van der Waals surface area contributed by atoms with Crippen molar-refractivity contribution in [2.45, 2.75) is 161 Å². The summed E-state index contributed by atoms with van der Waals surface area (Å²) < 4.78 is 27.2. The molecule has 0 amide bonds. The van der Waals surface area contributed by atoms with E-state index >= 15 is 0 Å². The zero-order chi connectivity index (χ0) is 22.9. The maximum absolute atomic E-state index is 15.0. The Labute approximate surface area is 199 Å². The second kappa shape index (κ2) is 18.2. The van der Waals surface area contributed by atoms with E-state index in [1.807, 2.05) is 0 Å². The lowest BCUT2D eigenvalue weighted by atomic mass is 9.71. The highest BCUT2D eigenvalue weighted by Gasteiger charge is 2.37. The third-order valence-corrected chi connectivity index (χ3v) is 8.05. The SMILES string of the molecule is CCCCCCCCCOC1CCC(C2CCC(OCCCCCCCC)CC2)C(F)C1. The predicted octanol–water partition coefficient (Wildman–Crippen LogP) is 9.20. The van der Waals surface area contributed by atoms with Crippen LogP contribution in [-0.4, -0.2) is 31.6 Å². The van der Waals surface area contributed by atoms with Crippen molar-refractivity contribution in [2.75, 3.05) is 13.2 Å². The molecule has 2 fully saturated rings. The maximum atomic E-state index is 15.0. The number of ether oxygens (including phenoxy) is 2. The Hall–Kier alpha value is -0.150. The van der Waals surface area contributed by atoms with Gasteiger partial charge in [0.1, 0.15) is 6.17 Å². The van der Waals surface area contributed by atoms with Gasteiger partial charge in [-0.2, -0.15) is 0 Å². The summed E-state index contributed by atoms with van der Waals surface area (Å²) in [6.45, 7) is 6.28. The van der Waals surface area contributed by atoms with Crippen LogP contribution in [0, 0.1) is 11.8 Å². The van der Waals surface area contributed by atoms with Gasteiger partial charge in [0, 0.05) is 19.6 Å². The van der Waals surface area contributed by atoms with Crippen LogP contribution in [0.1, 0.15) is 142 Å². The first-order valence-electron chi connectivity index (χ1n) is 14.6. The summed E-state index contributed by atoms with van der Waals surface area (Å²) in [5.41, 5.74) is 0. The minimum atomic E-state index is -0.659. The molecule has 190 valence electrons. The van der Waals surface area contributed by atoms with E-state index in [1.165, 1.54) is 77.0 Å². The molecule has 2 aliphatic carbocycles. The number of halogens is 1. The van der Waals surface area contributed by atoms with E-state index < -0.39 is 6.17 Å². The van der Waals surface area contributed by atoms with Crippen LogP contribution >= 0.6 is 0 Å². The third-order valence-electron chi connectivity index (χ3n) is 8.05. The fourth-order valence-electron chi connectivity index (χ4n) is 5.91. The molecule has 2 nitrogen and oxygen atoms in total. The van der Waals surface area contributed by atoms with E-state index in [9.17, 15) is 4.39 Å². The molecule has 32 heavy (non-hydrogen) atoms. The van der Waals surface area contributed by atoms with Gasteiger partial charge in [0.25, 0.3) is 0 Å². The normalized spacial score (nSPS) is 28.8. The van der Waals surface area contributed by atoms with Crippen molar-refractivity contribution >= 4 is 0 Å². The molecule has 2 rings (SSSR count). The lowest BCUT2D eigenvalue weighted by molar-refractivity contribution is -0.0410. The molecule has 0 aromatic rings. The fraction of sp³-hybridized carbons (Fsp3) is 1.00. The van der Waals surface area contributed by atoms with Crippen LogP contribution in [0.3, 0.4) is 0 Å². The molecule has 2 aliphatic rings. The molecule has 3 unspecified atom stereocenters. The first-order valence-corrected chi connectivity index (χ1v) is 14.6. The molecule has 3 heteroatoms. The molecule has 0 radical (unpaired) electrons. The number of hydrogen-bond donors (Lipinski definition) is 0. The Morgan fingerprint density at radius 1 is 0.562 bits per heavy atom. The van der Waals surface area contributed by atoms with Crippen LogP contribution in [0.4, 0.5) is 4.39 Å². The van der Waals surface area contributed by atoms with Crippen molar-refractivity contribution in [1.29, 1.82) is 0 Å². The number of rotatable bonds is 18. The van der Waals surface area contributed by atoms with Crippen molar-refractivity contribution in [3.05, 3.63) is 0 Å². The van der Waals surface area contributed by atoms with Crippen molar-refractivity contribution < 1.29 is 13.9 Å². The van der Waals surface area contributed by atoms with Gasteiger partial charge >= 0.3 is 0 Å². The van der Waals surface area contributed by atoms with Crippen LogP contribution in [-0.2, 0) is 9.47 Å². The fourth-order valence-corrected chi connectivity index (χ4v) is 5.91. The standard InChI is InChI=1S/C29H55FO2/c1-3-5-7-9-11-13-15-23-32-27-20-21-28(29(30)24-27)25-16-18-26(19-17-25)31-22-14-12-10-8-6-4-2/h25-29H,3-24H2,1-2H3. The monoisotopic (exact) mass is 454 g/mol. The molecule has 0 aliphatic heterocycles. The Bertz CT molecular complexity index is 421. The average molecular weight is 455 g/mol. The Balaban J connectivity index is 1.49. The minimum absolute atomic E-state index is 0.165. The quantitative estimate of drug-likeness (QED) is 0.192. The van der Waals surface area contributed by atoms with Gasteiger partial charge in [0.2, 0.25) is 0 Å². The first kappa shape index (κ1) is 28.1. The van der Waals surface area contributed by atoms with Crippen LogP contribution in [0.15, 0.2) is 0 Å². The van der Waals surface area contributed by atoms with E-state index in [-0.39, 0.29) is 12.0 Å². The predicted molar refractivity (Wildman–Crippen MR) is 135 cm³/mol. The van der Waals surface area contributed by atoms with Crippen LogP contribution in [0.5, 0.6) is 0 Å². The summed E-state index contributed by atoms with van der Waals surface area (Å²) >= 11 is 0. The molecule has 0 aromatic carbocycles. The lowest BCUT2D eigenvalue weighted by Gasteiger charge is -2.39. The Morgan fingerprint density at radius 2 is 1.03 bits per heavy atom. The first-order chi connectivity index (χ1) is 15.7. The van der Waals surface area contributed by atoms with E-state index in [4.69, 9.17) is 9.47 Å². The second-order valence-electron chi connectivity index (χ2n) is 10.8. The molecule has 2 saturated carbocycles. The average Bonchev–Trinajstić information content (AvgIpc) is 2.81. The minimum Gasteiger partial charge on any atom is -0.378 e. The second-order valence-corrected chi connectivity index (χ2v) is 10.8. The number of hydrogen-bond acceptors (Lipinski definition) is 2. The highest BCUT2D eigenvalue weighted by atomic mass is 19.1. The summed E-state index contributed by atoms with van der Waals surface area (Å²) in [6.07, 6.45) is 24.3. The van der Waals surface area contributed by atoms with Gasteiger partial charge in [0.05, 0.1) is 12.2 Å². The van der Waals surface area contributed by atoms with Crippen molar-refractivity contribution in [1.82, 2.24) is 0 Å². The molecule has 0 spiro atoms. The molecule has 0 aromatic heterocycles. The Kier molecular flexibility index (Phi) is 16.0. The van der Waals surface area contributed by atoms with Crippen LogP contribution < -0.4 is 0 Å². The van der Waals surface area contributed by atoms with Gasteiger partial charge in [-0.15, -0.1) is 0 Å². The summed E-state index contributed by atoms with van der Waals surface area (Å²) in [4.78, 5) is 0.